The summed E-state index contributed by atoms with van der Waals surface area (Å²) in [4.78, 5) is 5.95. The van der Waals surface area contributed by atoms with Crippen LogP contribution in [0.2, 0.25) is 0 Å². The van der Waals surface area contributed by atoms with Crippen molar-refractivity contribution in [1.82, 2.24) is 9.88 Å². The summed E-state index contributed by atoms with van der Waals surface area (Å²) in [7, 11) is 1.63. The van der Waals surface area contributed by atoms with Crippen LogP contribution in [0.3, 0.4) is 0 Å². The van der Waals surface area contributed by atoms with E-state index in [0.717, 1.165) is 57.6 Å². The Bertz CT molecular complexity index is 1430. The Morgan fingerprint density at radius 2 is 1.78 bits per heavy atom. The molecule has 3 aromatic carbocycles. The SMILES string of the molecule is COc1ccc2[nH]c3c(c2c1)CC1c2cc(OCC(F)(F)F)ccc2CCN1C3c1ccc(F)cc1. The van der Waals surface area contributed by atoms with E-state index in [1.54, 1.807) is 31.4 Å². The minimum absolute atomic E-state index is 0.0732. The number of nitrogens with one attached hydrogen (secondary N) is 1. The highest BCUT2D eigenvalue weighted by Crippen LogP contribution is 2.49. The number of aromatic amines is 1. The Hall–Kier alpha value is -3.52. The molecule has 186 valence electrons. The number of benzene rings is 3. The van der Waals surface area contributed by atoms with Gasteiger partial charge in [0.25, 0.3) is 0 Å². The van der Waals surface area contributed by atoms with Crippen LogP contribution in [0.1, 0.15) is 40.0 Å². The molecule has 1 N–H and O–H groups in total. The molecule has 0 radical (unpaired) electrons. The van der Waals surface area contributed by atoms with Gasteiger partial charge in [-0.2, -0.15) is 13.2 Å². The van der Waals surface area contributed by atoms with Crippen molar-refractivity contribution < 1.29 is 27.0 Å². The van der Waals surface area contributed by atoms with Gasteiger partial charge in [0, 0.05) is 29.2 Å². The number of hydrogen-bond acceptors (Lipinski definition) is 3. The molecule has 2 aliphatic rings. The predicted octanol–water partition coefficient (Wildman–Crippen LogP) is 6.50. The second-order valence-electron chi connectivity index (χ2n) is 9.36. The van der Waals surface area contributed by atoms with Crippen molar-refractivity contribution in [3.63, 3.8) is 0 Å². The molecule has 2 aliphatic heterocycles. The van der Waals surface area contributed by atoms with Gasteiger partial charge < -0.3 is 14.5 Å². The standard InChI is InChI=1S/C28H24F4N2O2/c1-35-19-8-9-24-22(12-19)23-14-25-21-13-20(36-15-28(30,31)32)7-4-16(21)10-11-34(25)27(26(23)33-24)17-2-5-18(29)6-3-17/h2-9,12-13,25,27,33H,10-11,14-15H2,1H3. The number of aromatic nitrogens is 1. The third-order valence-corrected chi connectivity index (χ3v) is 7.25. The molecule has 0 amide bonds. The number of halogens is 4. The third-order valence-electron chi connectivity index (χ3n) is 7.25. The maximum absolute atomic E-state index is 13.8. The smallest absolute Gasteiger partial charge is 0.422 e. The topological polar surface area (TPSA) is 37.5 Å². The lowest BCUT2D eigenvalue weighted by Gasteiger charge is -2.46. The van der Waals surface area contributed by atoms with Gasteiger partial charge in [0.05, 0.1) is 13.2 Å². The number of nitrogens with zero attached hydrogens (tertiary/aromatic N) is 1. The fourth-order valence-corrected chi connectivity index (χ4v) is 5.68. The fourth-order valence-electron chi connectivity index (χ4n) is 5.68. The van der Waals surface area contributed by atoms with Gasteiger partial charge >= 0.3 is 6.18 Å². The molecule has 0 aliphatic carbocycles. The molecule has 2 unspecified atom stereocenters. The number of methoxy groups -OCH3 is 1. The summed E-state index contributed by atoms with van der Waals surface area (Å²) in [6, 6.07) is 17.4. The Morgan fingerprint density at radius 3 is 2.53 bits per heavy atom. The van der Waals surface area contributed by atoms with Gasteiger partial charge in [0.1, 0.15) is 17.3 Å². The average molecular weight is 497 g/mol. The lowest BCUT2D eigenvalue weighted by Crippen LogP contribution is -2.43. The zero-order chi connectivity index (χ0) is 25.0. The van der Waals surface area contributed by atoms with Crippen molar-refractivity contribution in [3.05, 3.63) is 94.4 Å². The van der Waals surface area contributed by atoms with Crippen LogP contribution < -0.4 is 9.47 Å². The normalized spacial score (nSPS) is 19.5. The highest BCUT2D eigenvalue weighted by molar-refractivity contribution is 5.87. The molecular weight excluding hydrogens is 472 g/mol. The summed E-state index contributed by atoms with van der Waals surface area (Å²) in [6.07, 6.45) is -2.97. The maximum atomic E-state index is 13.8. The lowest BCUT2D eigenvalue weighted by molar-refractivity contribution is -0.153. The lowest BCUT2D eigenvalue weighted by atomic mass is 9.81. The number of fused-ring (bicyclic) bond motifs is 6. The van der Waals surface area contributed by atoms with Crippen LogP contribution in [0, 0.1) is 5.82 Å². The van der Waals surface area contributed by atoms with E-state index in [-0.39, 0.29) is 23.7 Å². The van der Waals surface area contributed by atoms with Gasteiger partial charge in [0.2, 0.25) is 0 Å². The summed E-state index contributed by atoms with van der Waals surface area (Å²) in [5.41, 5.74) is 6.19. The van der Waals surface area contributed by atoms with Gasteiger partial charge in [-0.25, -0.2) is 4.39 Å². The first kappa shape index (κ1) is 22.9. The summed E-state index contributed by atoms with van der Waals surface area (Å²) in [5.74, 6) is 0.651. The maximum Gasteiger partial charge on any atom is 0.422 e. The van der Waals surface area contributed by atoms with Gasteiger partial charge in [-0.1, -0.05) is 18.2 Å². The number of rotatable bonds is 4. The van der Waals surface area contributed by atoms with Crippen molar-refractivity contribution in [3.8, 4) is 11.5 Å². The van der Waals surface area contributed by atoms with Crippen LogP contribution in [-0.4, -0.2) is 36.3 Å². The minimum Gasteiger partial charge on any atom is -0.497 e. The zero-order valence-corrected chi connectivity index (χ0v) is 19.5. The Morgan fingerprint density at radius 1 is 1.00 bits per heavy atom. The number of hydrogen-bond donors (Lipinski definition) is 1. The van der Waals surface area contributed by atoms with Crippen LogP contribution in [0.5, 0.6) is 11.5 Å². The van der Waals surface area contributed by atoms with E-state index in [9.17, 15) is 17.6 Å². The van der Waals surface area contributed by atoms with Crippen molar-refractivity contribution in [2.75, 3.05) is 20.3 Å². The molecule has 8 heteroatoms. The van der Waals surface area contributed by atoms with Gasteiger partial charge in [-0.15, -0.1) is 0 Å². The highest BCUT2D eigenvalue weighted by atomic mass is 19.4. The second kappa shape index (κ2) is 8.55. The summed E-state index contributed by atoms with van der Waals surface area (Å²) >= 11 is 0. The zero-order valence-electron chi connectivity index (χ0n) is 19.5. The minimum atomic E-state index is -4.40. The molecule has 3 heterocycles. The summed E-state index contributed by atoms with van der Waals surface area (Å²) in [6.45, 7) is -0.564. The van der Waals surface area contributed by atoms with Gasteiger partial charge in [-0.3, -0.25) is 4.90 Å². The Kier molecular flexibility index (Phi) is 5.44. The number of H-pyrrole nitrogens is 1. The van der Waals surface area contributed by atoms with Crippen LogP contribution in [0.15, 0.2) is 60.7 Å². The van der Waals surface area contributed by atoms with Crippen LogP contribution in [-0.2, 0) is 12.8 Å². The molecule has 2 atom stereocenters. The molecule has 0 saturated heterocycles. The fraction of sp³-hybridized carbons (Fsp3) is 0.286. The van der Waals surface area contributed by atoms with Crippen molar-refractivity contribution in [2.24, 2.45) is 0 Å². The van der Waals surface area contributed by atoms with E-state index in [0.29, 0.717) is 6.42 Å². The molecule has 0 bridgehead atoms. The summed E-state index contributed by atoms with van der Waals surface area (Å²) < 4.78 is 62.7. The monoisotopic (exact) mass is 496 g/mol. The molecule has 0 fully saturated rings. The molecule has 4 aromatic rings. The second-order valence-corrected chi connectivity index (χ2v) is 9.36. The third kappa shape index (κ3) is 3.99. The first-order valence-corrected chi connectivity index (χ1v) is 11.8. The largest absolute Gasteiger partial charge is 0.497 e. The molecular formula is C28H24F4N2O2. The van der Waals surface area contributed by atoms with Crippen LogP contribution in [0.4, 0.5) is 17.6 Å². The van der Waals surface area contributed by atoms with E-state index in [1.807, 2.05) is 24.3 Å². The van der Waals surface area contributed by atoms with Gasteiger partial charge in [-0.05, 0) is 77.6 Å². The van der Waals surface area contributed by atoms with E-state index in [1.165, 1.54) is 12.1 Å². The predicted molar refractivity (Wildman–Crippen MR) is 128 cm³/mol. The molecule has 0 saturated carbocycles. The molecule has 0 spiro atoms. The molecule has 4 nitrogen and oxygen atoms in total. The molecule has 6 rings (SSSR count). The number of alkyl halides is 3. The molecule has 1 aromatic heterocycles. The Balaban J connectivity index is 1.48. The van der Waals surface area contributed by atoms with Crippen LogP contribution in [0.25, 0.3) is 10.9 Å². The Labute approximate surface area is 205 Å². The first-order valence-electron chi connectivity index (χ1n) is 11.8. The van der Waals surface area contributed by atoms with Gasteiger partial charge in [0.15, 0.2) is 6.61 Å². The average Bonchev–Trinajstić information content (AvgIpc) is 3.23. The van der Waals surface area contributed by atoms with E-state index >= 15 is 0 Å². The van der Waals surface area contributed by atoms with Crippen molar-refractivity contribution in [2.45, 2.75) is 31.1 Å². The van der Waals surface area contributed by atoms with E-state index in [4.69, 9.17) is 9.47 Å². The van der Waals surface area contributed by atoms with Crippen LogP contribution >= 0.6 is 0 Å². The highest BCUT2D eigenvalue weighted by Gasteiger charge is 2.41. The van der Waals surface area contributed by atoms with Crippen molar-refractivity contribution in [1.29, 1.82) is 0 Å². The first-order chi connectivity index (χ1) is 17.3. The molecule has 36 heavy (non-hydrogen) atoms. The van der Waals surface area contributed by atoms with E-state index < -0.39 is 12.8 Å². The number of ether oxygens (including phenoxy) is 2. The van der Waals surface area contributed by atoms with E-state index in [2.05, 4.69) is 9.88 Å². The van der Waals surface area contributed by atoms with Crippen molar-refractivity contribution >= 4 is 10.9 Å². The summed E-state index contributed by atoms with van der Waals surface area (Å²) in [5, 5.41) is 1.05. The quantitative estimate of drug-likeness (QED) is 0.328.